The van der Waals surface area contributed by atoms with Crippen molar-refractivity contribution in [2.75, 3.05) is 98.5 Å². The molecular formula is C26H61N3O3. The lowest BCUT2D eigenvalue weighted by atomic mass is 10.4. The third-order valence-corrected chi connectivity index (χ3v) is 4.65. The van der Waals surface area contributed by atoms with E-state index in [0.29, 0.717) is 0 Å². The van der Waals surface area contributed by atoms with E-state index in [0.717, 1.165) is 78.9 Å². The Morgan fingerprint density at radius 1 is 0.406 bits per heavy atom. The van der Waals surface area contributed by atoms with Gasteiger partial charge in [-0.2, -0.15) is 0 Å². The fraction of sp³-hybridized carbons (Fsp3) is 1.00. The molecule has 0 amide bonds. The van der Waals surface area contributed by atoms with E-state index in [4.69, 9.17) is 14.2 Å². The number of hydrogen-bond donors (Lipinski definition) is 0. The highest BCUT2D eigenvalue weighted by Crippen LogP contribution is 1.95. The van der Waals surface area contributed by atoms with Crippen LogP contribution in [-0.4, -0.2) is 113 Å². The summed E-state index contributed by atoms with van der Waals surface area (Å²) in [6.45, 7) is 34.8. The van der Waals surface area contributed by atoms with Crippen LogP contribution >= 0.6 is 0 Å². The van der Waals surface area contributed by atoms with Gasteiger partial charge in [-0.3, -0.25) is 14.7 Å². The van der Waals surface area contributed by atoms with Crippen molar-refractivity contribution < 1.29 is 14.2 Å². The summed E-state index contributed by atoms with van der Waals surface area (Å²) in [4.78, 5) is 7.18. The van der Waals surface area contributed by atoms with Gasteiger partial charge in [-0.05, 0) is 19.6 Å². The van der Waals surface area contributed by atoms with Crippen LogP contribution in [0.2, 0.25) is 0 Å². The summed E-state index contributed by atoms with van der Waals surface area (Å²) in [5.74, 6) is 0. The standard InChI is InChI=1S/3C6H13NO.2C3H8.C2H6/c3*1-2-7-3-5-8-6-4-7;2*1-3-2;1-2/h3*2-6H2,1H3;2*3H2,1-2H3;1-2H3. The molecule has 0 saturated carbocycles. The van der Waals surface area contributed by atoms with Crippen LogP contribution in [0, 0.1) is 0 Å². The molecule has 0 aromatic heterocycles. The molecule has 6 nitrogen and oxygen atoms in total. The lowest BCUT2D eigenvalue weighted by molar-refractivity contribution is 0.0404. The Hall–Kier alpha value is -0.240. The van der Waals surface area contributed by atoms with E-state index in [-0.39, 0.29) is 0 Å². The molecule has 0 N–H and O–H groups in total. The van der Waals surface area contributed by atoms with Crippen LogP contribution in [0.5, 0.6) is 0 Å². The number of rotatable bonds is 3. The maximum atomic E-state index is 5.16. The van der Waals surface area contributed by atoms with Crippen molar-refractivity contribution in [3.63, 3.8) is 0 Å². The molecule has 3 rings (SSSR count). The topological polar surface area (TPSA) is 37.4 Å². The van der Waals surface area contributed by atoms with E-state index in [9.17, 15) is 0 Å². The molecule has 198 valence electrons. The molecule has 3 fully saturated rings. The molecule has 0 radical (unpaired) electrons. The minimum Gasteiger partial charge on any atom is -0.379 e. The van der Waals surface area contributed by atoms with Gasteiger partial charge in [0.2, 0.25) is 0 Å². The van der Waals surface area contributed by atoms with Gasteiger partial charge in [-0.25, -0.2) is 0 Å². The Kier molecular flexibility index (Phi) is 37.4. The zero-order valence-electron chi connectivity index (χ0n) is 23.6. The SMILES string of the molecule is CC.CCC.CCC.CCN1CCOCC1.CCN1CCOCC1.CCN1CCOCC1. The van der Waals surface area contributed by atoms with Gasteiger partial charge >= 0.3 is 0 Å². The highest BCUT2D eigenvalue weighted by molar-refractivity contribution is 4.59. The molecule has 0 aromatic rings. The Bertz CT molecular complexity index is 247. The second-order valence-corrected chi connectivity index (χ2v) is 7.55. The van der Waals surface area contributed by atoms with Crippen LogP contribution in [0.3, 0.4) is 0 Å². The second kappa shape index (κ2) is 32.9. The van der Waals surface area contributed by atoms with Crippen LogP contribution in [0.25, 0.3) is 0 Å². The zero-order valence-corrected chi connectivity index (χ0v) is 23.6. The molecule has 32 heavy (non-hydrogen) atoms. The van der Waals surface area contributed by atoms with Gasteiger partial charge in [0.1, 0.15) is 0 Å². The monoisotopic (exact) mass is 463 g/mol. The third kappa shape index (κ3) is 27.8. The van der Waals surface area contributed by atoms with Crippen molar-refractivity contribution in [3.8, 4) is 0 Å². The Labute approximate surface area is 202 Å². The van der Waals surface area contributed by atoms with E-state index in [2.05, 4.69) is 63.2 Å². The van der Waals surface area contributed by atoms with Crippen LogP contribution in [0.4, 0.5) is 0 Å². The molecule has 3 aliphatic rings. The van der Waals surface area contributed by atoms with E-state index in [1.165, 1.54) is 32.5 Å². The van der Waals surface area contributed by atoms with Crippen molar-refractivity contribution in [3.05, 3.63) is 0 Å². The molecule has 6 heteroatoms. The van der Waals surface area contributed by atoms with Crippen LogP contribution in [0.15, 0.2) is 0 Å². The Morgan fingerprint density at radius 2 is 0.562 bits per heavy atom. The largest absolute Gasteiger partial charge is 0.379 e. The normalized spacial score (nSPS) is 19.0. The smallest absolute Gasteiger partial charge is 0.0594 e. The molecule has 0 unspecified atom stereocenters. The first-order valence-corrected chi connectivity index (χ1v) is 13.5. The Morgan fingerprint density at radius 3 is 0.656 bits per heavy atom. The summed E-state index contributed by atoms with van der Waals surface area (Å²) in [7, 11) is 0. The second-order valence-electron chi connectivity index (χ2n) is 7.55. The summed E-state index contributed by atoms with van der Waals surface area (Å²) >= 11 is 0. The molecule has 3 aliphatic heterocycles. The fourth-order valence-electron chi connectivity index (χ4n) is 2.75. The number of hydrogen-bond acceptors (Lipinski definition) is 6. The van der Waals surface area contributed by atoms with E-state index < -0.39 is 0 Å². The Balaban J connectivity index is -0.000000340. The molecule has 0 aliphatic carbocycles. The highest BCUT2D eigenvalue weighted by atomic mass is 16.5. The molecule has 3 saturated heterocycles. The van der Waals surface area contributed by atoms with Crippen molar-refractivity contribution in [2.24, 2.45) is 0 Å². The van der Waals surface area contributed by atoms with Gasteiger partial charge in [0.05, 0.1) is 39.6 Å². The number of nitrogens with zero attached hydrogens (tertiary/aromatic N) is 3. The minimum atomic E-state index is 0.924. The van der Waals surface area contributed by atoms with Gasteiger partial charge in [-0.1, -0.05) is 75.2 Å². The summed E-state index contributed by atoms with van der Waals surface area (Å²) in [5.41, 5.74) is 0. The molecule has 0 bridgehead atoms. The van der Waals surface area contributed by atoms with Gasteiger partial charge in [0.25, 0.3) is 0 Å². The highest BCUT2D eigenvalue weighted by Gasteiger charge is 2.07. The van der Waals surface area contributed by atoms with Crippen molar-refractivity contribution in [2.45, 2.75) is 75.2 Å². The summed E-state index contributed by atoms with van der Waals surface area (Å²) in [5, 5.41) is 0. The van der Waals surface area contributed by atoms with E-state index in [1.54, 1.807) is 0 Å². The number of morpholine rings is 3. The van der Waals surface area contributed by atoms with Gasteiger partial charge < -0.3 is 14.2 Å². The number of likely N-dealkylation sites (N-methyl/N-ethyl adjacent to an activating group) is 3. The van der Waals surface area contributed by atoms with Crippen molar-refractivity contribution in [1.82, 2.24) is 14.7 Å². The van der Waals surface area contributed by atoms with Crippen molar-refractivity contribution in [1.29, 1.82) is 0 Å². The maximum Gasteiger partial charge on any atom is 0.0594 e. The molecule has 0 atom stereocenters. The quantitative estimate of drug-likeness (QED) is 0.594. The zero-order chi connectivity index (χ0) is 24.9. The molecule has 0 spiro atoms. The first-order valence-electron chi connectivity index (χ1n) is 13.5. The van der Waals surface area contributed by atoms with E-state index in [1.807, 2.05) is 13.8 Å². The molecular weight excluding hydrogens is 402 g/mol. The maximum absolute atomic E-state index is 5.16. The first-order chi connectivity index (χ1) is 15.6. The van der Waals surface area contributed by atoms with Crippen molar-refractivity contribution >= 4 is 0 Å². The first kappa shape index (κ1) is 36.3. The average Bonchev–Trinajstić information content (AvgIpc) is 2.88. The molecule has 3 heterocycles. The lowest BCUT2D eigenvalue weighted by Crippen LogP contribution is -2.35. The summed E-state index contributed by atoms with van der Waals surface area (Å²) in [6.07, 6.45) is 2.50. The van der Waals surface area contributed by atoms with Crippen LogP contribution in [-0.2, 0) is 14.2 Å². The van der Waals surface area contributed by atoms with Gasteiger partial charge in [0.15, 0.2) is 0 Å². The lowest BCUT2D eigenvalue weighted by Gasteiger charge is -2.24. The predicted molar refractivity (Wildman–Crippen MR) is 142 cm³/mol. The average molecular weight is 464 g/mol. The van der Waals surface area contributed by atoms with E-state index >= 15 is 0 Å². The third-order valence-electron chi connectivity index (χ3n) is 4.65. The van der Waals surface area contributed by atoms with Gasteiger partial charge in [-0.15, -0.1) is 0 Å². The molecule has 0 aromatic carbocycles. The summed E-state index contributed by atoms with van der Waals surface area (Å²) in [6, 6.07) is 0. The van der Waals surface area contributed by atoms with Crippen LogP contribution < -0.4 is 0 Å². The number of ether oxygens (including phenoxy) is 3. The minimum absolute atomic E-state index is 0.924. The summed E-state index contributed by atoms with van der Waals surface area (Å²) < 4.78 is 15.5. The van der Waals surface area contributed by atoms with Crippen LogP contribution in [0.1, 0.15) is 75.2 Å². The van der Waals surface area contributed by atoms with Gasteiger partial charge in [0, 0.05) is 39.3 Å². The predicted octanol–water partition coefficient (Wildman–Crippen LogP) is 4.87. The fourth-order valence-corrected chi connectivity index (χ4v) is 2.75.